The van der Waals surface area contributed by atoms with Crippen LogP contribution in [0.5, 0.6) is 0 Å². The number of nitrogens with zero attached hydrogens (tertiary/aromatic N) is 2. The van der Waals surface area contributed by atoms with E-state index in [0.717, 1.165) is 25.1 Å². The highest BCUT2D eigenvalue weighted by molar-refractivity contribution is 7.09. The van der Waals surface area contributed by atoms with Crippen molar-refractivity contribution in [3.63, 3.8) is 0 Å². The largest absolute Gasteiger partial charge is 0.391 e. The molecule has 1 aliphatic carbocycles. The summed E-state index contributed by atoms with van der Waals surface area (Å²) in [6.07, 6.45) is 4.34. The van der Waals surface area contributed by atoms with Crippen LogP contribution in [0.4, 0.5) is 0 Å². The Hall–Kier alpha value is -0.450. The molecule has 0 amide bonds. The first-order valence-electron chi connectivity index (χ1n) is 5.95. The zero-order valence-electron chi connectivity index (χ0n) is 10.0. The quantitative estimate of drug-likeness (QED) is 0.880. The minimum absolute atomic E-state index is 0.146. The summed E-state index contributed by atoms with van der Waals surface area (Å²) in [5.41, 5.74) is 3.03. The molecule has 1 N–H and O–H groups in total. The monoisotopic (exact) mass is 240 g/mol. The van der Waals surface area contributed by atoms with Crippen LogP contribution >= 0.6 is 11.3 Å². The van der Waals surface area contributed by atoms with E-state index in [9.17, 15) is 5.11 Å². The van der Waals surface area contributed by atoms with Crippen LogP contribution in [-0.2, 0) is 6.54 Å². The molecule has 16 heavy (non-hydrogen) atoms. The van der Waals surface area contributed by atoms with Gasteiger partial charge in [-0.2, -0.15) is 0 Å². The Bertz CT molecular complexity index is 340. The molecule has 1 saturated carbocycles. The standard InChI is InChI=1S/C12H20N2OS/c1-9-12(16-8-13-9)7-14(2)10-5-3-4-6-11(10)15/h8,10-11,15H,3-7H2,1-2H3. The van der Waals surface area contributed by atoms with Crippen LogP contribution in [0.15, 0.2) is 5.51 Å². The fraction of sp³-hybridized carbons (Fsp3) is 0.750. The maximum Gasteiger partial charge on any atom is 0.0798 e. The van der Waals surface area contributed by atoms with Crippen LogP contribution in [0.25, 0.3) is 0 Å². The third kappa shape index (κ3) is 2.62. The number of aliphatic hydroxyl groups excluding tert-OH is 1. The van der Waals surface area contributed by atoms with Gasteiger partial charge in [0.05, 0.1) is 17.3 Å². The summed E-state index contributed by atoms with van der Waals surface area (Å²) in [4.78, 5) is 7.86. The van der Waals surface area contributed by atoms with Gasteiger partial charge in [0, 0.05) is 17.5 Å². The van der Waals surface area contributed by atoms with Gasteiger partial charge < -0.3 is 5.11 Å². The van der Waals surface area contributed by atoms with Crippen LogP contribution in [0.3, 0.4) is 0 Å². The summed E-state index contributed by atoms with van der Waals surface area (Å²) in [7, 11) is 2.11. The molecule has 0 spiro atoms. The first kappa shape index (κ1) is 12.0. The smallest absolute Gasteiger partial charge is 0.0798 e. The lowest BCUT2D eigenvalue weighted by Crippen LogP contribution is -2.42. The average Bonchev–Trinajstić information content (AvgIpc) is 2.65. The van der Waals surface area contributed by atoms with Crippen LogP contribution in [0.2, 0.25) is 0 Å². The summed E-state index contributed by atoms with van der Waals surface area (Å²) in [6, 6.07) is 0.329. The fourth-order valence-electron chi connectivity index (χ4n) is 2.43. The maximum absolute atomic E-state index is 9.98. The summed E-state index contributed by atoms with van der Waals surface area (Å²) in [6.45, 7) is 2.97. The number of likely N-dealkylation sites (N-methyl/N-ethyl adjacent to an activating group) is 1. The van der Waals surface area contributed by atoms with Crippen molar-refractivity contribution in [2.45, 2.75) is 51.3 Å². The van der Waals surface area contributed by atoms with Crippen molar-refractivity contribution in [1.29, 1.82) is 0 Å². The first-order chi connectivity index (χ1) is 7.68. The van der Waals surface area contributed by atoms with E-state index in [-0.39, 0.29) is 6.10 Å². The van der Waals surface area contributed by atoms with Crippen LogP contribution in [0, 0.1) is 6.92 Å². The van der Waals surface area contributed by atoms with E-state index in [2.05, 4.69) is 23.9 Å². The average molecular weight is 240 g/mol. The molecule has 0 aliphatic heterocycles. The molecule has 0 radical (unpaired) electrons. The molecular formula is C12H20N2OS. The molecule has 4 heteroatoms. The van der Waals surface area contributed by atoms with Gasteiger partial charge in [0.25, 0.3) is 0 Å². The number of aliphatic hydroxyl groups is 1. The first-order valence-corrected chi connectivity index (χ1v) is 6.83. The predicted molar refractivity (Wildman–Crippen MR) is 66.6 cm³/mol. The van der Waals surface area contributed by atoms with E-state index < -0.39 is 0 Å². The van der Waals surface area contributed by atoms with E-state index in [4.69, 9.17) is 0 Å². The molecule has 1 heterocycles. The topological polar surface area (TPSA) is 36.4 Å². The Labute approximate surface area is 101 Å². The third-order valence-corrected chi connectivity index (χ3v) is 4.42. The molecule has 2 atom stereocenters. The van der Waals surface area contributed by atoms with Gasteiger partial charge in [-0.3, -0.25) is 4.90 Å². The lowest BCUT2D eigenvalue weighted by molar-refractivity contribution is 0.0291. The zero-order chi connectivity index (χ0) is 11.5. The lowest BCUT2D eigenvalue weighted by Gasteiger charge is -2.35. The van der Waals surface area contributed by atoms with Crippen molar-refractivity contribution < 1.29 is 5.11 Å². The molecule has 3 nitrogen and oxygen atoms in total. The van der Waals surface area contributed by atoms with E-state index in [0.29, 0.717) is 6.04 Å². The van der Waals surface area contributed by atoms with Gasteiger partial charge in [-0.1, -0.05) is 12.8 Å². The van der Waals surface area contributed by atoms with E-state index in [1.54, 1.807) is 11.3 Å². The van der Waals surface area contributed by atoms with Crippen molar-refractivity contribution in [1.82, 2.24) is 9.88 Å². The molecule has 1 aromatic heterocycles. The molecule has 0 bridgehead atoms. The Morgan fingerprint density at radius 3 is 2.88 bits per heavy atom. The second kappa shape index (κ2) is 5.25. The number of thiazole rings is 1. The highest BCUT2D eigenvalue weighted by Crippen LogP contribution is 2.24. The van der Waals surface area contributed by atoms with Gasteiger partial charge in [-0.15, -0.1) is 11.3 Å². The van der Waals surface area contributed by atoms with Crippen LogP contribution in [-0.4, -0.2) is 34.2 Å². The highest BCUT2D eigenvalue weighted by Gasteiger charge is 2.26. The third-order valence-electron chi connectivity index (χ3n) is 3.50. The van der Waals surface area contributed by atoms with Gasteiger partial charge in [-0.25, -0.2) is 4.98 Å². The van der Waals surface area contributed by atoms with Gasteiger partial charge >= 0.3 is 0 Å². The molecule has 1 aliphatic rings. The second-order valence-corrected chi connectivity index (χ2v) is 5.63. The van der Waals surface area contributed by atoms with E-state index in [1.165, 1.54) is 17.7 Å². The molecule has 0 aromatic carbocycles. The highest BCUT2D eigenvalue weighted by atomic mass is 32.1. The summed E-state index contributed by atoms with van der Waals surface area (Å²) >= 11 is 1.71. The Kier molecular flexibility index (Phi) is 3.95. The minimum atomic E-state index is -0.146. The van der Waals surface area contributed by atoms with Gasteiger partial charge in [-0.05, 0) is 26.8 Å². The summed E-state index contributed by atoms with van der Waals surface area (Å²) in [5.74, 6) is 0. The molecular weight excluding hydrogens is 220 g/mol. The normalized spacial score (nSPS) is 26.2. The number of aromatic nitrogens is 1. The van der Waals surface area contributed by atoms with E-state index >= 15 is 0 Å². The number of hydrogen-bond donors (Lipinski definition) is 1. The van der Waals surface area contributed by atoms with Gasteiger partial charge in [0.15, 0.2) is 0 Å². The predicted octanol–water partition coefficient (Wildman–Crippen LogP) is 2.19. The summed E-state index contributed by atoms with van der Waals surface area (Å²) in [5, 5.41) is 9.98. The van der Waals surface area contributed by atoms with Crippen LogP contribution < -0.4 is 0 Å². The Morgan fingerprint density at radius 1 is 1.50 bits per heavy atom. The fourth-order valence-corrected chi connectivity index (χ4v) is 3.27. The Morgan fingerprint density at radius 2 is 2.25 bits per heavy atom. The zero-order valence-corrected chi connectivity index (χ0v) is 10.8. The molecule has 0 saturated heterocycles. The van der Waals surface area contributed by atoms with Crippen molar-refractivity contribution in [2.75, 3.05) is 7.05 Å². The second-order valence-electron chi connectivity index (χ2n) is 4.70. The van der Waals surface area contributed by atoms with Crippen molar-refractivity contribution in [2.24, 2.45) is 0 Å². The Balaban J connectivity index is 1.96. The lowest BCUT2D eigenvalue weighted by atomic mass is 9.91. The van der Waals surface area contributed by atoms with Crippen molar-refractivity contribution in [3.05, 3.63) is 16.1 Å². The molecule has 90 valence electrons. The number of rotatable bonds is 3. The van der Waals surface area contributed by atoms with E-state index in [1.807, 2.05) is 5.51 Å². The molecule has 2 unspecified atom stereocenters. The minimum Gasteiger partial charge on any atom is -0.391 e. The van der Waals surface area contributed by atoms with Crippen molar-refractivity contribution in [3.8, 4) is 0 Å². The van der Waals surface area contributed by atoms with Crippen molar-refractivity contribution >= 4 is 11.3 Å². The van der Waals surface area contributed by atoms with Gasteiger partial charge in [0.2, 0.25) is 0 Å². The molecule has 1 aromatic rings. The van der Waals surface area contributed by atoms with Gasteiger partial charge in [0.1, 0.15) is 0 Å². The SMILES string of the molecule is Cc1ncsc1CN(C)C1CCCCC1O. The summed E-state index contributed by atoms with van der Waals surface area (Å²) < 4.78 is 0. The maximum atomic E-state index is 9.98. The number of hydrogen-bond acceptors (Lipinski definition) is 4. The van der Waals surface area contributed by atoms with Crippen LogP contribution in [0.1, 0.15) is 36.3 Å². The number of aryl methyl sites for hydroxylation is 1. The molecule has 1 fully saturated rings. The molecule has 2 rings (SSSR count).